The van der Waals surface area contributed by atoms with Gasteiger partial charge < -0.3 is 15.3 Å². The maximum absolute atomic E-state index is 13.0. The topological polar surface area (TPSA) is 86.7 Å². The molecular weight excluding hydrogens is 364 g/mol. The van der Waals surface area contributed by atoms with Gasteiger partial charge in [-0.2, -0.15) is 11.3 Å². The average molecular weight is 386 g/mol. The molecule has 1 saturated heterocycles. The van der Waals surface area contributed by atoms with Crippen LogP contribution in [-0.4, -0.2) is 40.9 Å². The van der Waals surface area contributed by atoms with Gasteiger partial charge in [-0.15, -0.1) is 0 Å². The molecule has 142 valence electrons. The van der Waals surface area contributed by atoms with Crippen LogP contribution in [0.5, 0.6) is 0 Å². The van der Waals surface area contributed by atoms with E-state index in [1.807, 2.05) is 5.38 Å². The number of carbonyl (C=O) groups is 3. The van der Waals surface area contributed by atoms with Crippen molar-refractivity contribution in [3.05, 3.63) is 52.2 Å². The summed E-state index contributed by atoms with van der Waals surface area (Å²) in [7, 11) is 0. The smallest absolute Gasteiger partial charge is 0.303 e. The normalized spacial score (nSPS) is 16.7. The zero-order valence-corrected chi connectivity index (χ0v) is 15.7. The summed E-state index contributed by atoms with van der Waals surface area (Å²) in [5, 5.41) is 15.3. The summed E-state index contributed by atoms with van der Waals surface area (Å²) in [4.78, 5) is 37.9. The molecule has 3 rings (SSSR count). The number of anilines is 1. The number of nitrogens with zero attached hydrogens (tertiary/aromatic N) is 1. The largest absolute Gasteiger partial charge is 0.481 e. The van der Waals surface area contributed by atoms with Crippen molar-refractivity contribution in [2.24, 2.45) is 5.92 Å². The van der Waals surface area contributed by atoms with Gasteiger partial charge in [0.1, 0.15) is 0 Å². The molecule has 1 aromatic carbocycles. The number of hydrogen-bond acceptors (Lipinski definition) is 4. The lowest BCUT2D eigenvalue weighted by molar-refractivity contribution is -0.137. The summed E-state index contributed by atoms with van der Waals surface area (Å²) in [6.07, 6.45) is 2.50. The summed E-state index contributed by atoms with van der Waals surface area (Å²) in [6.45, 7) is 1.20. The first-order valence-corrected chi connectivity index (χ1v) is 9.92. The van der Waals surface area contributed by atoms with Crippen LogP contribution in [0.4, 0.5) is 5.69 Å². The summed E-state index contributed by atoms with van der Waals surface area (Å²) in [5.74, 6) is -0.975. The minimum Gasteiger partial charge on any atom is -0.481 e. The first kappa shape index (κ1) is 19.1. The fourth-order valence-electron chi connectivity index (χ4n) is 3.35. The molecule has 1 aliphatic heterocycles. The highest BCUT2D eigenvalue weighted by atomic mass is 32.1. The van der Waals surface area contributed by atoms with Gasteiger partial charge >= 0.3 is 5.97 Å². The second-order valence-corrected chi connectivity index (χ2v) is 7.48. The van der Waals surface area contributed by atoms with Crippen LogP contribution in [0, 0.1) is 5.92 Å². The summed E-state index contributed by atoms with van der Waals surface area (Å²) >= 11 is 1.44. The van der Waals surface area contributed by atoms with Crippen molar-refractivity contribution in [3.63, 3.8) is 0 Å². The van der Waals surface area contributed by atoms with Crippen molar-refractivity contribution in [2.45, 2.75) is 25.7 Å². The van der Waals surface area contributed by atoms with E-state index in [1.165, 1.54) is 11.3 Å². The second-order valence-electron chi connectivity index (χ2n) is 6.70. The van der Waals surface area contributed by atoms with Gasteiger partial charge in [0.15, 0.2) is 0 Å². The Labute approximate surface area is 161 Å². The molecule has 2 aromatic rings. The monoisotopic (exact) mass is 386 g/mol. The van der Waals surface area contributed by atoms with E-state index in [0.29, 0.717) is 36.3 Å². The molecule has 0 bridgehead atoms. The van der Waals surface area contributed by atoms with Gasteiger partial charge in [-0.25, -0.2) is 0 Å². The highest BCUT2D eigenvalue weighted by Crippen LogP contribution is 2.25. The molecule has 0 radical (unpaired) electrons. The molecule has 27 heavy (non-hydrogen) atoms. The number of carbonyl (C=O) groups excluding carboxylic acids is 2. The van der Waals surface area contributed by atoms with Crippen molar-refractivity contribution >= 4 is 34.8 Å². The standard InChI is InChI=1S/C20H22N2O4S/c23-18(24)8-7-14-4-3-10-22(12-14)20(26)16-5-1-2-6-17(16)21-19(25)15-9-11-27-13-15/h1-2,5-6,9,11,13-14H,3-4,7-8,10,12H2,(H,21,25)(H,23,24). The summed E-state index contributed by atoms with van der Waals surface area (Å²) in [5.41, 5.74) is 1.51. The lowest BCUT2D eigenvalue weighted by Crippen LogP contribution is -2.40. The Bertz CT molecular complexity index is 819. The number of aliphatic carboxylic acids is 1. The van der Waals surface area contributed by atoms with Crippen molar-refractivity contribution < 1.29 is 19.5 Å². The number of benzene rings is 1. The Morgan fingerprint density at radius 1 is 1.22 bits per heavy atom. The quantitative estimate of drug-likeness (QED) is 0.792. The van der Waals surface area contributed by atoms with Crippen molar-refractivity contribution in [1.29, 1.82) is 0 Å². The van der Waals surface area contributed by atoms with E-state index in [4.69, 9.17) is 5.11 Å². The van der Waals surface area contributed by atoms with E-state index < -0.39 is 5.97 Å². The van der Waals surface area contributed by atoms with Gasteiger partial charge in [0, 0.05) is 24.9 Å². The Morgan fingerprint density at radius 3 is 2.78 bits per heavy atom. The Balaban J connectivity index is 1.71. The van der Waals surface area contributed by atoms with Crippen LogP contribution < -0.4 is 5.32 Å². The zero-order chi connectivity index (χ0) is 19.2. The van der Waals surface area contributed by atoms with Gasteiger partial charge in [-0.3, -0.25) is 14.4 Å². The third kappa shape index (κ3) is 4.95. The van der Waals surface area contributed by atoms with Gasteiger partial charge in [-0.05, 0) is 48.8 Å². The minimum absolute atomic E-state index is 0.125. The van der Waals surface area contributed by atoms with Crippen molar-refractivity contribution in [1.82, 2.24) is 4.90 Å². The van der Waals surface area contributed by atoms with E-state index in [-0.39, 0.29) is 24.2 Å². The third-order valence-corrected chi connectivity index (χ3v) is 5.44. The van der Waals surface area contributed by atoms with Crippen LogP contribution in [0.3, 0.4) is 0 Å². The van der Waals surface area contributed by atoms with E-state index in [9.17, 15) is 14.4 Å². The zero-order valence-electron chi connectivity index (χ0n) is 14.9. The molecule has 2 amide bonds. The lowest BCUT2D eigenvalue weighted by atomic mass is 9.93. The molecule has 0 saturated carbocycles. The molecule has 7 heteroatoms. The molecule has 0 aliphatic carbocycles. The van der Waals surface area contributed by atoms with Crippen LogP contribution >= 0.6 is 11.3 Å². The Hall–Kier alpha value is -2.67. The van der Waals surface area contributed by atoms with Gasteiger partial charge in [-0.1, -0.05) is 12.1 Å². The Kier molecular flexibility index (Phi) is 6.24. The molecule has 1 fully saturated rings. The number of piperidine rings is 1. The van der Waals surface area contributed by atoms with Crippen molar-refractivity contribution in [2.75, 3.05) is 18.4 Å². The maximum Gasteiger partial charge on any atom is 0.303 e. The molecule has 1 unspecified atom stereocenters. The summed E-state index contributed by atoms with van der Waals surface area (Å²) < 4.78 is 0. The molecule has 1 aromatic heterocycles. The summed E-state index contributed by atoms with van der Waals surface area (Å²) in [6, 6.07) is 8.74. The number of nitrogens with one attached hydrogen (secondary N) is 1. The lowest BCUT2D eigenvalue weighted by Gasteiger charge is -2.33. The van der Waals surface area contributed by atoms with Crippen LogP contribution in [0.1, 0.15) is 46.4 Å². The molecule has 2 heterocycles. The highest BCUT2D eigenvalue weighted by Gasteiger charge is 2.26. The van der Waals surface area contributed by atoms with Gasteiger partial charge in [0.2, 0.25) is 0 Å². The van der Waals surface area contributed by atoms with E-state index in [1.54, 1.807) is 40.6 Å². The van der Waals surface area contributed by atoms with Gasteiger partial charge in [0.25, 0.3) is 11.8 Å². The second kappa shape index (κ2) is 8.81. The predicted molar refractivity (Wildman–Crippen MR) is 104 cm³/mol. The van der Waals surface area contributed by atoms with Crippen LogP contribution in [0.25, 0.3) is 0 Å². The fourth-order valence-corrected chi connectivity index (χ4v) is 3.99. The van der Waals surface area contributed by atoms with Crippen LogP contribution in [0.15, 0.2) is 41.1 Å². The molecule has 0 spiro atoms. The SMILES string of the molecule is O=C(O)CCC1CCCN(C(=O)c2ccccc2NC(=O)c2ccsc2)C1. The molecule has 2 N–H and O–H groups in total. The predicted octanol–water partition coefficient (Wildman–Crippen LogP) is 3.72. The average Bonchev–Trinajstić information content (AvgIpc) is 3.21. The highest BCUT2D eigenvalue weighted by molar-refractivity contribution is 7.08. The van der Waals surface area contributed by atoms with Crippen LogP contribution in [-0.2, 0) is 4.79 Å². The number of amides is 2. The van der Waals surface area contributed by atoms with E-state index in [2.05, 4.69) is 5.32 Å². The number of para-hydroxylation sites is 1. The number of carboxylic acids is 1. The third-order valence-electron chi connectivity index (χ3n) is 4.76. The Morgan fingerprint density at radius 2 is 2.04 bits per heavy atom. The minimum atomic E-state index is -0.806. The number of thiophene rings is 1. The number of hydrogen-bond donors (Lipinski definition) is 2. The number of rotatable bonds is 6. The fraction of sp³-hybridized carbons (Fsp3) is 0.350. The number of carboxylic acid groups (broad SMARTS) is 1. The first-order chi connectivity index (χ1) is 13.0. The number of likely N-dealkylation sites (tertiary alicyclic amines) is 1. The molecule has 6 nitrogen and oxygen atoms in total. The molecule has 1 aliphatic rings. The molecular formula is C20H22N2O4S. The molecule has 1 atom stereocenters. The van der Waals surface area contributed by atoms with E-state index in [0.717, 1.165) is 12.8 Å². The van der Waals surface area contributed by atoms with Gasteiger partial charge in [0.05, 0.1) is 16.8 Å². The van der Waals surface area contributed by atoms with Crippen LogP contribution in [0.2, 0.25) is 0 Å². The maximum atomic E-state index is 13.0. The van der Waals surface area contributed by atoms with Crippen molar-refractivity contribution in [3.8, 4) is 0 Å². The first-order valence-electron chi connectivity index (χ1n) is 8.98. The van der Waals surface area contributed by atoms with E-state index >= 15 is 0 Å².